The lowest BCUT2D eigenvalue weighted by molar-refractivity contribution is -0.131. The number of hydrogen-bond acceptors (Lipinski definition) is 5. The van der Waals surface area contributed by atoms with Crippen LogP contribution in [0.5, 0.6) is 5.75 Å². The maximum Gasteiger partial charge on any atom is 0.415 e. The summed E-state index contributed by atoms with van der Waals surface area (Å²) in [5, 5.41) is 0. The summed E-state index contributed by atoms with van der Waals surface area (Å²) in [6, 6.07) is 7.74. The minimum Gasteiger partial charge on any atom is -0.410 e. The van der Waals surface area contributed by atoms with Gasteiger partial charge in [-0.2, -0.15) is 24.4 Å². The predicted molar refractivity (Wildman–Crippen MR) is 159 cm³/mol. The fourth-order valence-corrected chi connectivity index (χ4v) is 4.88. The topological polar surface area (TPSA) is 49.9 Å². The zero-order chi connectivity index (χ0) is 26.4. The van der Waals surface area contributed by atoms with Crippen molar-refractivity contribution < 1.29 is 14.3 Å². The third-order valence-electron chi connectivity index (χ3n) is 6.47. The molecule has 1 aromatic rings. The van der Waals surface area contributed by atoms with Crippen LogP contribution in [-0.2, 0) is 11.2 Å². The number of benzene rings is 1. The lowest BCUT2D eigenvalue weighted by Gasteiger charge is -2.23. The van der Waals surface area contributed by atoms with Crippen molar-refractivity contribution in [3.8, 4) is 5.75 Å². The van der Waals surface area contributed by atoms with E-state index in [0.29, 0.717) is 31.2 Å². The highest BCUT2D eigenvalue weighted by Gasteiger charge is 2.13. The molecule has 0 radical (unpaired) electrons. The largest absolute Gasteiger partial charge is 0.415 e. The van der Waals surface area contributed by atoms with E-state index in [4.69, 9.17) is 4.74 Å². The second kappa shape index (κ2) is 21.7. The monoisotopic (exact) mass is 538 g/mol. The van der Waals surface area contributed by atoms with Crippen LogP contribution in [0.15, 0.2) is 24.3 Å². The number of nitrogens with zero attached hydrogens (tertiary/aromatic N) is 2. The number of carbonyl (C=O) groups excluding carboxylic acids is 2. The molecule has 0 aliphatic carbocycles. The quantitative estimate of drug-likeness (QED) is 0.130. The molecular formula is C29H50N2O3S2. The van der Waals surface area contributed by atoms with E-state index in [1.54, 1.807) is 4.90 Å². The van der Waals surface area contributed by atoms with Crippen LogP contribution in [0.4, 0.5) is 4.79 Å². The summed E-state index contributed by atoms with van der Waals surface area (Å²) in [6.07, 6.45) is 14.8. The van der Waals surface area contributed by atoms with Crippen LogP contribution in [0.3, 0.4) is 0 Å². The summed E-state index contributed by atoms with van der Waals surface area (Å²) in [7, 11) is 0. The molecule has 0 aliphatic heterocycles. The van der Waals surface area contributed by atoms with Gasteiger partial charge >= 0.3 is 6.09 Å². The zero-order valence-electron chi connectivity index (χ0n) is 23.0. The van der Waals surface area contributed by atoms with Gasteiger partial charge in [0.15, 0.2) is 0 Å². The van der Waals surface area contributed by atoms with Crippen molar-refractivity contribution >= 4 is 36.4 Å². The molecule has 0 atom stereocenters. The summed E-state index contributed by atoms with van der Waals surface area (Å²) in [5.41, 5.74) is 1.20. The molecule has 0 heterocycles. The Morgan fingerprint density at radius 3 is 2.00 bits per heavy atom. The molecule has 0 fully saturated rings. The molecule has 0 unspecified atom stereocenters. The van der Waals surface area contributed by atoms with Crippen LogP contribution in [0.25, 0.3) is 0 Å². The Hall–Kier alpha value is -1.34. The van der Waals surface area contributed by atoms with Crippen molar-refractivity contribution in [2.24, 2.45) is 0 Å². The van der Waals surface area contributed by atoms with E-state index in [2.05, 4.69) is 23.8 Å². The van der Waals surface area contributed by atoms with Crippen LogP contribution in [0.2, 0.25) is 0 Å². The van der Waals surface area contributed by atoms with Crippen LogP contribution in [-0.4, -0.2) is 65.7 Å². The van der Waals surface area contributed by atoms with Crippen molar-refractivity contribution in [1.82, 2.24) is 9.80 Å². The first kappa shape index (κ1) is 32.7. The Morgan fingerprint density at radius 1 is 0.806 bits per heavy atom. The Morgan fingerprint density at radius 2 is 1.42 bits per heavy atom. The Labute approximate surface area is 230 Å². The number of hydrogen-bond donors (Lipinski definition) is 1. The average molecular weight is 539 g/mol. The number of unbranched alkanes of at least 4 members (excludes halogenated alkanes) is 7. The van der Waals surface area contributed by atoms with Gasteiger partial charge in [0, 0.05) is 32.6 Å². The number of thiol groups is 1. The lowest BCUT2D eigenvalue weighted by atomic mass is 10.1. The van der Waals surface area contributed by atoms with E-state index in [9.17, 15) is 9.59 Å². The van der Waals surface area contributed by atoms with E-state index in [0.717, 1.165) is 57.4 Å². The molecule has 1 aromatic carbocycles. The number of thioether (sulfide) groups is 1. The first-order valence-electron chi connectivity index (χ1n) is 14.0. The summed E-state index contributed by atoms with van der Waals surface area (Å²) >= 11 is 6.21. The van der Waals surface area contributed by atoms with Crippen molar-refractivity contribution in [1.29, 1.82) is 0 Å². The van der Waals surface area contributed by atoms with Crippen molar-refractivity contribution in [2.45, 2.75) is 90.9 Å². The van der Waals surface area contributed by atoms with Gasteiger partial charge in [0.25, 0.3) is 0 Å². The van der Waals surface area contributed by atoms with Crippen LogP contribution in [0.1, 0.15) is 90.0 Å². The fraction of sp³-hybridized carbons (Fsp3) is 0.724. The predicted octanol–water partition coefficient (Wildman–Crippen LogP) is 7.48. The molecule has 0 saturated heterocycles. The lowest BCUT2D eigenvalue weighted by Crippen LogP contribution is -2.33. The standard InChI is InChI=1S/C29H50N2O3S2/c1-4-30(5-2)29(33)34-27-20-18-26(19-21-27)16-10-11-17-28(32)31(22-12-6-8-14-24-35)23-13-7-9-15-25-36-3/h18-21,35H,4-17,22-25H2,1-3H3. The molecule has 0 aromatic heterocycles. The van der Waals surface area contributed by atoms with Gasteiger partial charge in [-0.25, -0.2) is 4.79 Å². The molecular weight excluding hydrogens is 488 g/mol. The Balaban J connectivity index is 2.39. The van der Waals surface area contributed by atoms with Crippen LogP contribution < -0.4 is 4.74 Å². The molecule has 0 spiro atoms. The van der Waals surface area contributed by atoms with Gasteiger partial charge in [-0.05, 0) is 94.3 Å². The third-order valence-corrected chi connectivity index (χ3v) is 7.48. The van der Waals surface area contributed by atoms with Gasteiger partial charge in [-0.3, -0.25) is 4.79 Å². The number of ether oxygens (including phenoxy) is 1. The van der Waals surface area contributed by atoms with Gasteiger partial charge in [0.05, 0.1) is 0 Å². The molecule has 36 heavy (non-hydrogen) atoms. The van der Waals surface area contributed by atoms with Gasteiger partial charge in [0.2, 0.25) is 5.91 Å². The normalized spacial score (nSPS) is 10.9. The molecule has 5 nitrogen and oxygen atoms in total. The smallest absolute Gasteiger partial charge is 0.410 e. The number of amides is 2. The molecule has 7 heteroatoms. The van der Waals surface area contributed by atoms with Gasteiger partial charge in [-0.1, -0.05) is 37.8 Å². The summed E-state index contributed by atoms with van der Waals surface area (Å²) < 4.78 is 5.44. The highest BCUT2D eigenvalue weighted by molar-refractivity contribution is 7.98. The molecule has 0 aliphatic rings. The second-order valence-electron chi connectivity index (χ2n) is 9.32. The highest BCUT2D eigenvalue weighted by atomic mass is 32.2. The number of aryl methyl sites for hydroxylation is 1. The first-order chi connectivity index (χ1) is 17.5. The Kier molecular flexibility index (Phi) is 19.7. The molecule has 0 bridgehead atoms. The first-order valence-corrected chi connectivity index (χ1v) is 16.0. The highest BCUT2D eigenvalue weighted by Crippen LogP contribution is 2.16. The molecule has 1 rings (SSSR count). The SMILES string of the molecule is CCN(CC)C(=O)Oc1ccc(CCCCC(=O)N(CCCCCCS)CCCCCCSC)cc1. The van der Waals surface area contributed by atoms with Crippen LogP contribution >= 0.6 is 24.4 Å². The Bertz CT molecular complexity index is 696. The van der Waals surface area contributed by atoms with Crippen LogP contribution in [0, 0.1) is 0 Å². The molecule has 0 saturated carbocycles. The van der Waals surface area contributed by atoms with Gasteiger partial charge in [-0.15, -0.1) is 0 Å². The van der Waals surface area contributed by atoms with E-state index in [1.807, 2.05) is 49.9 Å². The summed E-state index contributed by atoms with van der Waals surface area (Å²) in [5.74, 6) is 3.07. The fourth-order valence-electron chi connectivity index (χ4n) is 4.17. The van der Waals surface area contributed by atoms with Gasteiger partial charge in [0.1, 0.15) is 5.75 Å². The molecule has 206 valence electrons. The minimum atomic E-state index is -0.308. The third kappa shape index (κ3) is 15.0. The second-order valence-corrected chi connectivity index (χ2v) is 10.7. The number of rotatable bonds is 21. The van der Waals surface area contributed by atoms with E-state index in [1.165, 1.54) is 43.4 Å². The van der Waals surface area contributed by atoms with Crippen molar-refractivity contribution in [3.63, 3.8) is 0 Å². The number of carbonyl (C=O) groups is 2. The zero-order valence-corrected chi connectivity index (χ0v) is 24.7. The van der Waals surface area contributed by atoms with Crippen molar-refractivity contribution in [2.75, 3.05) is 43.9 Å². The molecule has 2 amide bonds. The van der Waals surface area contributed by atoms with E-state index in [-0.39, 0.29) is 6.09 Å². The molecule has 0 N–H and O–H groups in total. The summed E-state index contributed by atoms with van der Waals surface area (Å²) in [6.45, 7) is 6.95. The van der Waals surface area contributed by atoms with E-state index < -0.39 is 0 Å². The maximum absolute atomic E-state index is 13.0. The average Bonchev–Trinajstić information content (AvgIpc) is 2.88. The van der Waals surface area contributed by atoms with Gasteiger partial charge < -0.3 is 14.5 Å². The maximum atomic E-state index is 13.0. The minimum absolute atomic E-state index is 0.308. The van der Waals surface area contributed by atoms with E-state index >= 15 is 0 Å². The summed E-state index contributed by atoms with van der Waals surface area (Å²) in [4.78, 5) is 28.8. The van der Waals surface area contributed by atoms with Crippen molar-refractivity contribution in [3.05, 3.63) is 29.8 Å².